The lowest BCUT2D eigenvalue weighted by Crippen LogP contribution is -3.09. The lowest BCUT2D eigenvalue weighted by Gasteiger charge is -2.11. The van der Waals surface area contributed by atoms with Gasteiger partial charge in [-0.05, 0) is 12.8 Å². The molecule has 0 aromatic carbocycles. The van der Waals surface area contributed by atoms with E-state index >= 15 is 0 Å². The Morgan fingerprint density at radius 1 is 0.490 bits per heavy atom. The SMILES string of the molecule is CCCCCCCCCCCCCCCCCCNC(=O)CCC[NH+](C)CCOC(=[O+])CCCCCCCCCCCCCCCCC.[Cl-]. The van der Waals surface area contributed by atoms with Crippen molar-refractivity contribution in [1.29, 1.82) is 0 Å². The molecule has 0 aliphatic rings. The van der Waals surface area contributed by atoms with Crippen LogP contribution < -0.4 is 22.6 Å². The lowest BCUT2D eigenvalue weighted by atomic mass is 10.0. The first-order chi connectivity index (χ1) is 23.6. The fourth-order valence-electron chi connectivity index (χ4n) is 6.72. The number of carbonyl (C=O) groups excluding carboxylic acids is 2. The fraction of sp³-hybridized carbons (Fsp3) is 0.953. The van der Waals surface area contributed by atoms with Gasteiger partial charge in [-0.25, -0.2) is 0 Å². The Balaban J connectivity index is 0. The molecular weight excluding hydrogens is 628 g/mol. The topological polar surface area (TPSA) is 62.7 Å². The maximum absolute atomic E-state index is 12.2. The Labute approximate surface area is 313 Å². The van der Waals surface area contributed by atoms with Crippen LogP contribution in [-0.4, -0.2) is 45.2 Å². The molecule has 0 heterocycles. The molecule has 1 radical (unpaired) electrons. The van der Waals surface area contributed by atoms with Crippen LogP contribution in [0.2, 0.25) is 0 Å². The Hall–Kier alpha value is -0.810. The zero-order chi connectivity index (χ0) is 35.0. The second-order valence-electron chi connectivity index (χ2n) is 15.1. The van der Waals surface area contributed by atoms with Crippen LogP contribution in [0.1, 0.15) is 232 Å². The zero-order valence-electron chi connectivity index (χ0n) is 33.5. The van der Waals surface area contributed by atoms with E-state index in [0.29, 0.717) is 19.4 Å². The van der Waals surface area contributed by atoms with Gasteiger partial charge < -0.3 is 27.4 Å². The maximum atomic E-state index is 12.2. The summed E-state index contributed by atoms with van der Waals surface area (Å²) in [7, 11) is 2.12. The molecule has 0 aromatic rings. The molecule has 0 saturated heterocycles. The minimum atomic E-state index is -0.0500. The standard InChI is InChI=1S/C43H86N2O3.ClH/c1-4-6-8-10-12-14-16-18-20-22-24-26-28-30-32-34-38-44-42(46)36-35-39-45(3)40-41-48-43(47)37-33-31-29-27-25-23-21-19-17-15-13-11-9-7-5-2;/h4-41H2,1-3H3,(H,44,46);1H/q+1;. The number of hydrogen-bond donors (Lipinski definition) is 2. The van der Waals surface area contributed by atoms with Gasteiger partial charge >= 0.3 is 5.97 Å². The van der Waals surface area contributed by atoms with Crippen molar-refractivity contribution in [2.45, 2.75) is 232 Å². The van der Waals surface area contributed by atoms with Gasteiger partial charge in [0, 0.05) is 24.2 Å². The van der Waals surface area contributed by atoms with Crippen LogP contribution in [0.3, 0.4) is 0 Å². The summed E-state index contributed by atoms with van der Waals surface area (Å²) in [6, 6.07) is 0. The molecular formula is C43H87ClN2O3+. The molecule has 0 aliphatic carbocycles. The molecule has 0 rings (SSSR count). The van der Waals surface area contributed by atoms with Gasteiger partial charge in [-0.2, -0.15) is 0 Å². The molecule has 5 nitrogen and oxygen atoms in total. The van der Waals surface area contributed by atoms with Gasteiger partial charge in [0.15, 0.2) is 0 Å². The molecule has 1 amide bonds. The van der Waals surface area contributed by atoms with Crippen LogP contribution >= 0.6 is 0 Å². The largest absolute Gasteiger partial charge is 1.00 e. The second-order valence-corrected chi connectivity index (χ2v) is 15.1. The predicted octanol–water partition coefficient (Wildman–Crippen LogP) is 8.47. The number of amides is 1. The lowest BCUT2D eigenvalue weighted by molar-refractivity contribution is -0.880. The first kappa shape index (κ1) is 50.3. The third kappa shape index (κ3) is 43.3. The van der Waals surface area contributed by atoms with Crippen LogP contribution in [0.15, 0.2) is 0 Å². The predicted molar refractivity (Wildman–Crippen MR) is 209 cm³/mol. The minimum absolute atomic E-state index is 0. The van der Waals surface area contributed by atoms with E-state index in [1.54, 1.807) is 0 Å². The summed E-state index contributed by atoms with van der Waals surface area (Å²) in [6.07, 6.45) is 44.0. The molecule has 293 valence electrons. The van der Waals surface area contributed by atoms with Crippen LogP contribution in [0.4, 0.5) is 0 Å². The van der Waals surface area contributed by atoms with Crippen molar-refractivity contribution >= 4 is 11.9 Å². The monoisotopic (exact) mass is 715 g/mol. The highest BCUT2D eigenvalue weighted by Crippen LogP contribution is 2.15. The summed E-state index contributed by atoms with van der Waals surface area (Å²) < 4.78 is 5.46. The molecule has 0 bridgehead atoms. The number of esters is 1. The van der Waals surface area contributed by atoms with E-state index < -0.39 is 0 Å². The molecule has 0 aliphatic heterocycles. The average molecular weight is 716 g/mol. The summed E-state index contributed by atoms with van der Waals surface area (Å²) in [5.41, 5.74) is 0. The van der Waals surface area contributed by atoms with Crippen molar-refractivity contribution in [2.24, 2.45) is 0 Å². The number of nitrogens with one attached hydrogen (secondary N) is 2. The third-order valence-corrected chi connectivity index (χ3v) is 10.1. The number of carbonyl (C=O) groups is 2. The van der Waals surface area contributed by atoms with Gasteiger partial charge in [-0.3, -0.25) is 4.79 Å². The minimum Gasteiger partial charge on any atom is -1.00 e. The molecule has 49 heavy (non-hydrogen) atoms. The maximum Gasteiger partial charge on any atom is 0.574 e. The smallest absolute Gasteiger partial charge is 0.574 e. The van der Waals surface area contributed by atoms with Crippen molar-refractivity contribution in [1.82, 2.24) is 5.32 Å². The van der Waals surface area contributed by atoms with Gasteiger partial charge in [0.25, 0.3) is 0 Å². The number of hydrogen-bond acceptors (Lipinski definition) is 3. The summed E-state index contributed by atoms with van der Waals surface area (Å²) in [4.78, 5) is 25.6. The van der Waals surface area contributed by atoms with Gasteiger partial charge in [-0.1, -0.05) is 200 Å². The number of halogens is 1. The van der Waals surface area contributed by atoms with E-state index in [2.05, 4.69) is 26.2 Å². The van der Waals surface area contributed by atoms with E-state index in [-0.39, 0.29) is 24.3 Å². The Morgan fingerprint density at radius 3 is 1.22 bits per heavy atom. The average Bonchev–Trinajstić information content (AvgIpc) is 3.08. The Bertz CT molecular complexity index is 663. The highest BCUT2D eigenvalue weighted by Gasteiger charge is 2.17. The molecule has 0 saturated carbocycles. The third-order valence-electron chi connectivity index (χ3n) is 10.1. The van der Waals surface area contributed by atoms with Gasteiger partial charge in [0.2, 0.25) is 12.5 Å². The number of likely N-dealkylation sites (N-methyl/N-ethyl adjacent to an activating group) is 1. The van der Waals surface area contributed by atoms with Crippen molar-refractivity contribution in [3.05, 3.63) is 0 Å². The quantitative estimate of drug-likeness (QED) is 0.0381. The fourth-order valence-corrected chi connectivity index (χ4v) is 6.72. The van der Waals surface area contributed by atoms with E-state index in [0.717, 1.165) is 45.3 Å². The highest BCUT2D eigenvalue weighted by molar-refractivity contribution is 5.75. The number of rotatable bonds is 40. The molecule has 6 heteroatoms. The van der Waals surface area contributed by atoms with Crippen LogP contribution in [0.25, 0.3) is 0 Å². The van der Waals surface area contributed by atoms with Gasteiger partial charge in [0.1, 0.15) is 13.0 Å². The first-order valence-electron chi connectivity index (χ1n) is 21.8. The van der Waals surface area contributed by atoms with E-state index in [4.69, 9.17) is 4.74 Å². The van der Waals surface area contributed by atoms with Crippen LogP contribution in [0.5, 0.6) is 0 Å². The first-order valence-corrected chi connectivity index (χ1v) is 21.8. The molecule has 1 atom stereocenters. The normalized spacial score (nSPS) is 11.7. The van der Waals surface area contributed by atoms with Crippen molar-refractivity contribution < 1.29 is 31.6 Å². The number of quaternary nitrogens is 1. The number of ether oxygens (including phenoxy) is 1. The molecule has 0 spiro atoms. The van der Waals surface area contributed by atoms with E-state index in [9.17, 15) is 9.59 Å². The zero-order valence-corrected chi connectivity index (χ0v) is 34.2. The summed E-state index contributed by atoms with van der Waals surface area (Å²) in [5.74, 6) is 0.129. The summed E-state index contributed by atoms with van der Waals surface area (Å²) in [6.45, 7) is 7.61. The van der Waals surface area contributed by atoms with E-state index in [1.165, 1.54) is 185 Å². The Morgan fingerprint density at radius 2 is 0.837 bits per heavy atom. The van der Waals surface area contributed by atoms with Crippen molar-refractivity contribution in [3.8, 4) is 0 Å². The summed E-state index contributed by atoms with van der Waals surface area (Å²) >= 11 is 0. The molecule has 0 fully saturated rings. The van der Waals surface area contributed by atoms with Gasteiger partial charge in [-0.15, -0.1) is 0 Å². The molecule has 2 N–H and O–H groups in total. The highest BCUT2D eigenvalue weighted by atomic mass is 35.5. The van der Waals surface area contributed by atoms with E-state index in [1.807, 2.05) is 0 Å². The Kier molecular flexibility index (Phi) is 44.5. The van der Waals surface area contributed by atoms with Gasteiger partial charge in [0.05, 0.1) is 13.6 Å². The van der Waals surface area contributed by atoms with Crippen molar-refractivity contribution in [2.75, 3.05) is 33.3 Å². The second kappa shape index (κ2) is 43.4. The molecule has 0 aromatic heterocycles. The summed E-state index contributed by atoms with van der Waals surface area (Å²) in [5, 5.41) is 3.10. The molecule has 1 unspecified atom stereocenters. The number of unbranched alkanes of at least 4 members (excludes halogenated alkanes) is 29. The van der Waals surface area contributed by atoms with Crippen LogP contribution in [-0.2, 0) is 14.3 Å². The van der Waals surface area contributed by atoms with Crippen LogP contribution in [0, 0.1) is 0 Å². The van der Waals surface area contributed by atoms with Crippen molar-refractivity contribution in [3.63, 3.8) is 0 Å².